The molecule has 0 unspecified atom stereocenters. The topological polar surface area (TPSA) is 112 Å². The van der Waals surface area contributed by atoms with Gasteiger partial charge in [0, 0.05) is 11.0 Å². The molecule has 0 saturated carbocycles. The number of nitrogens with zero attached hydrogens (tertiary/aromatic N) is 2. The summed E-state index contributed by atoms with van der Waals surface area (Å²) in [7, 11) is 0. The highest BCUT2D eigenvalue weighted by atomic mass is 16.6. The van der Waals surface area contributed by atoms with Crippen LogP contribution in [-0.2, 0) is 10.8 Å². The van der Waals surface area contributed by atoms with E-state index in [4.69, 9.17) is 5.73 Å². The summed E-state index contributed by atoms with van der Waals surface area (Å²) in [6.45, 7) is 10.5. The lowest BCUT2D eigenvalue weighted by atomic mass is 9.77. The van der Waals surface area contributed by atoms with E-state index in [0.29, 0.717) is 5.56 Å². The second-order valence-corrected chi connectivity index (χ2v) is 7.10. The normalized spacial score (nSPS) is 12.3. The Balaban J connectivity index is 4.06. The Morgan fingerprint density at radius 2 is 1.33 bits per heavy atom. The molecule has 1 rings (SSSR count). The van der Waals surface area contributed by atoms with Gasteiger partial charge in [-0.3, -0.25) is 20.2 Å². The van der Waals surface area contributed by atoms with Crippen molar-refractivity contribution in [2.24, 2.45) is 0 Å². The Labute approximate surface area is 123 Å². The van der Waals surface area contributed by atoms with Gasteiger partial charge in [0.2, 0.25) is 0 Å². The van der Waals surface area contributed by atoms with E-state index in [9.17, 15) is 20.2 Å². The summed E-state index contributed by atoms with van der Waals surface area (Å²) < 4.78 is 0. The first kappa shape index (κ1) is 16.9. The molecule has 7 nitrogen and oxygen atoms in total. The van der Waals surface area contributed by atoms with E-state index in [0.717, 1.165) is 0 Å². The zero-order valence-electron chi connectivity index (χ0n) is 13.2. The fourth-order valence-corrected chi connectivity index (χ4v) is 2.35. The van der Waals surface area contributed by atoms with Gasteiger partial charge in [0.05, 0.1) is 9.85 Å². The number of nitrogen functional groups attached to an aromatic ring is 1. The molecule has 116 valence electrons. The van der Waals surface area contributed by atoms with Crippen LogP contribution in [0.15, 0.2) is 6.07 Å². The van der Waals surface area contributed by atoms with Crippen molar-refractivity contribution in [3.63, 3.8) is 0 Å². The van der Waals surface area contributed by atoms with Gasteiger partial charge < -0.3 is 5.73 Å². The van der Waals surface area contributed by atoms with Crippen molar-refractivity contribution in [1.29, 1.82) is 0 Å². The van der Waals surface area contributed by atoms with Gasteiger partial charge in [0.25, 0.3) is 5.69 Å². The van der Waals surface area contributed by atoms with E-state index in [1.165, 1.54) is 6.07 Å². The SMILES string of the molecule is CC(C)(C)c1cc(N)c([N+](=O)[O-])c(C(C)(C)C)c1[N+](=O)[O-]. The standard InChI is InChI=1S/C14H21N3O4/c1-13(2,3)8-7-9(15)12(17(20)21)10(14(4,5)6)11(8)16(18)19/h7H,15H2,1-6H3. The number of nitrogens with two attached hydrogens (primary N) is 1. The number of hydrogen-bond acceptors (Lipinski definition) is 5. The number of nitro benzene ring substituents is 2. The largest absolute Gasteiger partial charge is 0.393 e. The van der Waals surface area contributed by atoms with Gasteiger partial charge in [-0.05, 0) is 11.5 Å². The Kier molecular flexibility index (Phi) is 4.00. The maximum atomic E-state index is 11.6. The zero-order chi connectivity index (χ0) is 16.7. The predicted octanol–water partition coefficient (Wildman–Crippen LogP) is 3.68. The van der Waals surface area contributed by atoms with Gasteiger partial charge in [-0.1, -0.05) is 41.5 Å². The minimum atomic E-state index is -0.778. The molecule has 2 N–H and O–H groups in total. The number of anilines is 1. The summed E-state index contributed by atoms with van der Waals surface area (Å²) in [5.41, 5.74) is 4.34. The number of nitro groups is 2. The van der Waals surface area contributed by atoms with Crippen molar-refractivity contribution in [3.05, 3.63) is 37.4 Å². The number of rotatable bonds is 2. The summed E-state index contributed by atoms with van der Waals surface area (Å²) in [4.78, 5) is 21.7. The van der Waals surface area contributed by atoms with Gasteiger partial charge in [0.15, 0.2) is 0 Å². The van der Waals surface area contributed by atoms with Gasteiger partial charge in [-0.2, -0.15) is 0 Å². The first-order valence-electron chi connectivity index (χ1n) is 6.54. The van der Waals surface area contributed by atoms with Gasteiger partial charge in [-0.25, -0.2) is 0 Å². The second kappa shape index (κ2) is 4.98. The van der Waals surface area contributed by atoms with E-state index in [1.807, 2.05) is 20.8 Å². The van der Waals surface area contributed by atoms with E-state index in [-0.39, 0.29) is 22.6 Å². The first-order chi connectivity index (χ1) is 9.28. The molecular weight excluding hydrogens is 274 g/mol. The number of benzene rings is 1. The fraction of sp³-hybridized carbons (Fsp3) is 0.571. The van der Waals surface area contributed by atoms with Gasteiger partial charge >= 0.3 is 5.69 Å². The molecule has 21 heavy (non-hydrogen) atoms. The fourth-order valence-electron chi connectivity index (χ4n) is 2.35. The van der Waals surface area contributed by atoms with Crippen LogP contribution in [0, 0.1) is 20.2 Å². The van der Waals surface area contributed by atoms with Crippen molar-refractivity contribution >= 4 is 17.1 Å². The third kappa shape index (κ3) is 3.12. The van der Waals surface area contributed by atoms with E-state index in [1.54, 1.807) is 20.8 Å². The molecular formula is C14H21N3O4. The van der Waals surface area contributed by atoms with Crippen LogP contribution < -0.4 is 5.73 Å². The molecule has 0 spiro atoms. The third-order valence-corrected chi connectivity index (χ3v) is 3.23. The van der Waals surface area contributed by atoms with Gasteiger partial charge in [0.1, 0.15) is 11.3 Å². The monoisotopic (exact) mass is 295 g/mol. The van der Waals surface area contributed by atoms with Crippen molar-refractivity contribution in [2.45, 2.75) is 52.4 Å². The summed E-state index contributed by atoms with van der Waals surface area (Å²) in [5, 5.41) is 22.9. The Hall–Kier alpha value is -2.18. The average molecular weight is 295 g/mol. The van der Waals surface area contributed by atoms with Crippen LogP contribution in [0.5, 0.6) is 0 Å². The Bertz CT molecular complexity index is 610. The predicted molar refractivity (Wildman–Crippen MR) is 81.6 cm³/mol. The molecule has 0 amide bonds. The molecule has 0 bridgehead atoms. The zero-order valence-corrected chi connectivity index (χ0v) is 13.2. The van der Waals surface area contributed by atoms with E-state index >= 15 is 0 Å². The van der Waals surface area contributed by atoms with Crippen molar-refractivity contribution in [1.82, 2.24) is 0 Å². The molecule has 0 atom stereocenters. The van der Waals surface area contributed by atoms with Crippen molar-refractivity contribution < 1.29 is 9.85 Å². The van der Waals surface area contributed by atoms with Crippen LogP contribution in [0.2, 0.25) is 0 Å². The molecule has 0 aliphatic carbocycles. The lowest BCUT2D eigenvalue weighted by Gasteiger charge is -2.25. The van der Waals surface area contributed by atoms with Crippen molar-refractivity contribution in [2.75, 3.05) is 5.73 Å². The molecule has 1 aromatic rings. The minimum absolute atomic E-state index is 0.0413. The smallest absolute Gasteiger partial charge is 0.302 e. The lowest BCUT2D eigenvalue weighted by Crippen LogP contribution is -2.22. The van der Waals surface area contributed by atoms with Crippen LogP contribution in [0.4, 0.5) is 17.1 Å². The summed E-state index contributed by atoms with van der Waals surface area (Å²) in [6, 6.07) is 1.35. The van der Waals surface area contributed by atoms with Crippen LogP contribution in [0.25, 0.3) is 0 Å². The molecule has 0 aromatic heterocycles. The molecule has 0 radical (unpaired) electrons. The Morgan fingerprint density at radius 3 is 1.62 bits per heavy atom. The van der Waals surface area contributed by atoms with Gasteiger partial charge in [-0.15, -0.1) is 0 Å². The molecule has 0 aliphatic rings. The second-order valence-electron chi connectivity index (χ2n) is 7.10. The third-order valence-electron chi connectivity index (χ3n) is 3.23. The summed E-state index contributed by atoms with van der Waals surface area (Å²) in [5.74, 6) is 0. The maximum absolute atomic E-state index is 11.6. The average Bonchev–Trinajstić information content (AvgIpc) is 2.23. The van der Waals surface area contributed by atoms with E-state index in [2.05, 4.69) is 0 Å². The quantitative estimate of drug-likeness (QED) is 0.508. The highest BCUT2D eigenvalue weighted by Crippen LogP contribution is 2.47. The summed E-state index contributed by atoms with van der Waals surface area (Å²) >= 11 is 0. The van der Waals surface area contributed by atoms with Crippen LogP contribution >= 0.6 is 0 Å². The highest BCUT2D eigenvalue weighted by Gasteiger charge is 2.40. The first-order valence-corrected chi connectivity index (χ1v) is 6.54. The van der Waals surface area contributed by atoms with Crippen LogP contribution in [0.1, 0.15) is 52.7 Å². The minimum Gasteiger partial charge on any atom is -0.393 e. The molecule has 0 heterocycles. The molecule has 0 fully saturated rings. The van der Waals surface area contributed by atoms with Crippen LogP contribution in [-0.4, -0.2) is 9.85 Å². The molecule has 0 saturated heterocycles. The van der Waals surface area contributed by atoms with E-state index < -0.39 is 20.7 Å². The molecule has 1 aromatic carbocycles. The lowest BCUT2D eigenvalue weighted by molar-refractivity contribution is -0.396. The maximum Gasteiger partial charge on any atom is 0.302 e. The summed E-state index contributed by atoms with van der Waals surface area (Å²) in [6.07, 6.45) is 0. The molecule has 7 heteroatoms. The highest BCUT2D eigenvalue weighted by molar-refractivity contribution is 5.74. The Morgan fingerprint density at radius 1 is 0.905 bits per heavy atom. The number of hydrogen-bond donors (Lipinski definition) is 1. The van der Waals surface area contributed by atoms with Crippen LogP contribution in [0.3, 0.4) is 0 Å². The van der Waals surface area contributed by atoms with Crippen molar-refractivity contribution in [3.8, 4) is 0 Å². The molecule has 0 aliphatic heterocycles.